The standard InChI is InChI=1S/C18H17ClN2O3S/c19-15-9-5-4-6-13(15)10-20-16-11-25(23,24)12-17(16)21(18(20)22)14-7-2-1-3-8-14/h1-9,16-17H,10-12H2/t16-,17+/m1/s1. The molecular formula is C18H17ClN2O3S. The van der Waals surface area contributed by atoms with Crippen molar-refractivity contribution >= 4 is 33.2 Å². The number of hydrogen-bond acceptors (Lipinski definition) is 3. The molecule has 2 heterocycles. The van der Waals surface area contributed by atoms with E-state index in [9.17, 15) is 13.2 Å². The molecule has 0 N–H and O–H groups in total. The highest BCUT2D eigenvalue weighted by Gasteiger charge is 2.53. The van der Waals surface area contributed by atoms with Crippen LogP contribution < -0.4 is 4.90 Å². The fraction of sp³-hybridized carbons (Fsp3) is 0.278. The molecule has 2 aromatic carbocycles. The zero-order valence-corrected chi connectivity index (χ0v) is 14.9. The van der Waals surface area contributed by atoms with E-state index in [4.69, 9.17) is 11.6 Å². The van der Waals surface area contributed by atoms with E-state index < -0.39 is 9.84 Å². The Morgan fingerprint density at radius 3 is 2.32 bits per heavy atom. The molecule has 0 saturated carbocycles. The van der Waals surface area contributed by atoms with Gasteiger partial charge in [0.15, 0.2) is 9.84 Å². The molecule has 25 heavy (non-hydrogen) atoms. The molecule has 7 heteroatoms. The first-order valence-electron chi connectivity index (χ1n) is 8.05. The molecule has 5 nitrogen and oxygen atoms in total. The van der Waals surface area contributed by atoms with E-state index in [2.05, 4.69) is 0 Å². The Bertz CT molecular complexity index is 917. The number of rotatable bonds is 3. The highest BCUT2D eigenvalue weighted by Crippen LogP contribution is 2.36. The largest absolute Gasteiger partial charge is 0.325 e. The number of nitrogens with zero attached hydrogens (tertiary/aromatic N) is 2. The van der Waals surface area contributed by atoms with Gasteiger partial charge >= 0.3 is 6.03 Å². The highest BCUT2D eigenvalue weighted by molar-refractivity contribution is 7.91. The summed E-state index contributed by atoms with van der Waals surface area (Å²) in [6.07, 6.45) is 0. The van der Waals surface area contributed by atoms with Crippen LogP contribution in [0.25, 0.3) is 0 Å². The van der Waals surface area contributed by atoms with Crippen LogP contribution in [0.15, 0.2) is 54.6 Å². The van der Waals surface area contributed by atoms with E-state index in [-0.39, 0.29) is 29.6 Å². The maximum Gasteiger partial charge on any atom is 0.325 e. The average molecular weight is 377 g/mol. The number of fused-ring (bicyclic) bond motifs is 1. The zero-order valence-electron chi connectivity index (χ0n) is 13.4. The number of anilines is 1. The number of sulfone groups is 1. The lowest BCUT2D eigenvalue weighted by molar-refractivity contribution is 0.206. The minimum Gasteiger partial charge on any atom is -0.314 e. The van der Waals surface area contributed by atoms with E-state index >= 15 is 0 Å². The fourth-order valence-electron chi connectivity index (χ4n) is 3.66. The van der Waals surface area contributed by atoms with Crippen molar-refractivity contribution in [2.45, 2.75) is 18.6 Å². The van der Waals surface area contributed by atoms with Gasteiger partial charge < -0.3 is 4.90 Å². The lowest BCUT2D eigenvalue weighted by Gasteiger charge is -2.23. The van der Waals surface area contributed by atoms with Gasteiger partial charge in [-0.3, -0.25) is 4.90 Å². The summed E-state index contributed by atoms with van der Waals surface area (Å²) in [6, 6.07) is 15.7. The van der Waals surface area contributed by atoms with Gasteiger partial charge in [-0.15, -0.1) is 0 Å². The second-order valence-electron chi connectivity index (χ2n) is 6.42. The SMILES string of the molecule is O=C1N(Cc2ccccc2Cl)[C@@H]2CS(=O)(=O)C[C@@H]2N1c1ccccc1. The van der Waals surface area contributed by atoms with Crippen molar-refractivity contribution in [3.8, 4) is 0 Å². The number of halogens is 1. The van der Waals surface area contributed by atoms with E-state index in [0.29, 0.717) is 11.6 Å². The van der Waals surface area contributed by atoms with Gasteiger partial charge in [0.05, 0.1) is 23.6 Å². The van der Waals surface area contributed by atoms with Crippen LogP contribution in [0.1, 0.15) is 5.56 Å². The molecule has 0 radical (unpaired) electrons. The van der Waals surface area contributed by atoms with Gasteiger partial charge in [0, 0.05) is 17.3 Å². The summed E-state index contributed by atoms with van der Waals surface area (Å²) in [6.45, 7) is 0.304. The van der Waals surface area contributed by atoms with Crippen molar-refractivity contribution in [3.63, 3.8) is 0 Å². The van der Waals surface area contributed by atoms with Crippen LogP contribution in [-0.4, -0.2) is 42.9 Å². The normalized spacial score (nSPS) is 24.6. The molecule has 4 rings (SSSR count). The summed E-state index contributed by atoms with van der Waals surface area (Å²) in [5.74, 6) is -0.00544. The van der Waals surface area contributed by atoms with Crippen LogP contribution in [0.5, 0.6) is 0 Å². The highest BCUT2D eigenvalue weighted by atomic mass is 35.5. The molecule has 0 unspecified atom stereocenters. The lowest BCUT2D eigenvalue weighted by Crippen LogP contribution is -2.37. The predicted molar refractivity (Wildman–Crippen MR) is 97.5 cm³/mol. The van der Waals surface area contributed by atoms with Gasteiger partial charge in [-0.25, -0.2) is 13.2 Å². The number of para-hydroxylation sites is 1. The van der Waals surface area contributed by atoms with Crippen LogP contribution >= 0.6 is 11.6 Å². The molecule has 2 aromatic rings. The van der Waals surface area contributed by atoms with Gasteiger partial charge in [-0.05, 0) is 23.8 Å². The monoisotopic (exact) mass is 376 g/mol. The van der Waals surface area contributed by atoms with Gasteiger partial charge in [-0.2, -0.15) is 0 Å². The van der Waals surface area contributed by atoms with Crippen molar-refractivity contribution in [1.29, 1.82) is 0 Å². The van der Waals surface area contributed by atoms with Crippen molar-refractivity contribution in [2.75, 3.05) is 16.4 Å². The minimum atomic E-state index is -3.17. The van der Waals surface area contributed by atoms with Gasteiger partial charge in [0.2, 0.25) is 0 Å². The Labute approximate surface area is 151 Å². The number of carbonyl (C=O) groups excluding carboxylic acids is 1. The Balaban J connectivity index is 1.72. The molecule has 2 amide bonds. The number of benzene rings is 2. The third-order valence-corrected chi connectivity index (χ3v) is 6.88. The Morgan fingerprint density at radius 1 is 0.960 bits per heavy atom. The van der Waals surface area contributed by atoms with Crippen LogP contribution in [-0.2, 0) is 16.4 Å². The van der Waals surface area contributed by atoms with Crippen molar-refractivity contribution in [3.05, 3.63) is 65.2 Å². The zero-order chi connectivity index (χ0) is 17.6. The molecular weight excluding hydrogens is 360 g/mol. The topological polar surface area (TPSA) is 57.7 Å². The average Bonchev–Trinajstić information content (AvgIpc) is 3.01. The Hall–Kier alpha value is -2.05. The van der Waals surface area contributed by atoms with Crippen LogP contribution in [0, 0.1) is 0 Å². The molecule has 0 aliphatic carbocycles. The van der Waals surface area contributed by atoms with Gasteiger partial charge in [-0.1, -0.05) is 48.0 Å². The summed E-state index contributed by atoms with van der Waals surface area (Å²) in [7, 11) is -3.17. The molecule has 2 fully saturated rings. The molecule has 2 saturated heterocycles. The second-order valence-corrected chi connectivity index (χ2v) is 8.98. The summed E-state index contributed by atoms with van der Waals surface area (Å²) in [5, 5.41) is 0.575. The molecule has 130 valence electrons. The summed E-state index contributed by atoms with van der Waals surface area (Å²) >= 11 is 6.23. The van der Waals surface area contributed by atoms with Crippen LogP contribution in [0.2, 0.25) is 5.02 Å². The molecule has 0 bridgehead atoms. The van der Waals surface area contributed by atoms with E-state index in [1.165, 1.54) is 0 Å². The molecule has 2 atom stereocenters. The first-order chi connectivity index (χ1) is 12.0. The molecule has 2 aliphatic rings. The summed E-state index contributed by atoms with van der Waals surface area (Å²) < 4.78 is 24.4. The minimum absolute atomic E-state index is 0.00266. The molecule has 2 aliphatic heterocycles. The summed E-state index contributed by atoms with van der Waals surface area (Å²) in [5.41, 5.74) is 1.54. The molecule has 0 aromatic heterocycles. The van der Waals surface area contributed by atoms with Crippen molar-refractivity contribution in [2.24, 2.45) is 0 Å². The number of urea groups is 1. The third-order valence-electron chi connectivity index (χ3n) is 4.81. The maximum atomic E-state index is 13.1. The smallest absolute Gasteiger partial charge is 0.314 e. The first-order valence-corrected chi connectivity index (χ1v) is 10.2. The Morgan fingerprint density at radius 2 is 1.60 bits per heavy atom. The van der Waals surface area contributed by atoms with Gasteiger partial charge in [0.25, 0.3) is 0 Å². The van der Waals surface area contributed by atoms with Crippen molar-refractivity contribution < 1.29 is 13.2 Å². The van der Waals surface area contributed by atoms with Gasteiger partial charge in [0.1, 0.15) is 0 Å². The van der Waals surface area contributed by atoms with Crippen molar-refractivity contribution in [1.82, 2.24) is 4.90 Å². The predicted octanol–water partition coefficient (Wildman–Crippen LogP) is 2.95. The number of carbonyl (C=O) groups is 1. The lowest BCUT2D eigenvalue weighted by atomic mass is 10.1. The number of hydrogen-bond donors (Lipinski definition) is 0. The third kappa shape index (κ3) is 2.89. The Kier molecular flexibility index (Phi) is 3.96. The van der Waals surface area contributed by atoms with Crippen LogP contribution in [0.3, 0.4) is 0 Å². The fourth-order valence-corrected chi connectivity index (χ4v) is 5.81. The van der Waals surface area contributed by atoms with E-state index in [1.807, 2.05) is 48.5 Å². The van der Waals surface area contributed by atoms with Crippen LogP contribution in [0.4, 0.5) is 10.5 Å². The summed E-state index contributed by atoms with van der Waals surface area (Å²) in [4.78, 5) is 16.3. The maximum absolute atomic E-state index is 13.1. The number of amides is 2. The molecule has 0 spiro atoms. The quantitative estimate of drug-likeness (QED) is 0.774. The first kappa shape index (κ1) is 16.4. The van der Waals surface area contributed by atoms with E-state index in [1.54, 1.807) is 15.9 Å². The second kappa shape index (κ2) is 6.04. The van der Waals surface area contributed by atoms with E-state index in [0.717, 1.165) is 11.3 Å².